The lowest BCUT2D eigenvalue weighted by Gasteiger charge is -2.07. The van der Waals surface area contributed by atoms with E-state index in [9.17, 15) is 4.79 Å². The van der Waals surface area contributed by atoms with Crippen molar-refractivity contribution in [2.75, 3.05) is 12.4 Å². The number of nitrogens with zero attached hydrogens (tertiary/aromatic N) is 1. The number of hydrogen-bond acceptors (Lipinski definition) is 3. The Hall–Kier alpha value is -2.30. The predicted octanol–water partition coefficient (Wildman–Crippen LogP) is 1.99. The van der Waals surface area contributed by atoms with Crippen LogP contribution in [0.4, 0.5) is 5.69 Å². The molecule has 0 fully saturated rings. The molecule has 2 rings (SSSR count). The summed E-state index contributed by atoms with van der Waals surface area (Å²) in [5, 5.41) is 9.16. The number of rotatable bonds is 5. The number of carbonyl (C=O) groups excluding carboxylic acids is 1. The first-order valence-corrected chi connectivity index (χ1v) is 5.70. The Morgan fingerprint density at radius 3 is 3.00 bits per heavy atom. The van der Waals surface area contributed by atoms with Gasteiger partial charge >= 0.3 is 0 Å². The standard InChI is InChI=1S/C13H15N3O2/c1-18-12-5-3-2-4-10(12)6-7-13(17)16-11-8-14-15-9-11/h2-5,8-9H,6-7H2,1H3,(H,14,15)(H,16,17). The average Bonchev–Trinajstić information content (AvgIpc) is 2.89. The van der Waals surface area contributed by atoms with E-state index in [1.807, 2.05) is 24.3 Å². The molecular formula is C13H15N3O2. The third-order valence-electron chi connectivity index (χ3n) is 2.60. The number of hydrogen-bond donors (Lipinski definition) is 2. The zero-order valence-electron chi connectivity index (χ0n) is 10.1. The van der Waals surface area contributed by atoms with Crippen LogP contribution in [0.25, 0.3) is 0 Å². The molecule has 18 heavy (non-hydrogen) atoms. The molecule has 1 heterocycles. The molecule has 0 saturated carbocycles. The minimum atomic E-state index is -0.0395. The Balaban J connectivity index is 1.89. The van der Waals surface area contributed by atoms with E-state index in [4.69, 9.17) is 4.74 Å². The number of amides is 1. The highest BCUT2D eigenvalue weighted by atomic mass is 16.5. The van der Waals surface area contributed by atoms with E-state index in [1.54, 1.807) is 19.5 Å². The maximum absolute atomic E-state index is 11.7. The summed E-state index contributed by atoms with van der Waals surface area (Å²) in [6.07, 6.45) is 4.27. The number of aromatic nitrogens is 2. The molecule has 2 aromatic rings. The molecule has 1 aromatic heterocycles. The maximum atomic E-state index is 11.7. The zero-order chi connectivity index (χ0) is 12.8. The van der Waals surface area contributed by atoms with E-state index in [-0.39, 0.29) is 5.91 Å². The van der Waals surface area contributed by atoms with Crippen LogP contribution in [0.1, 0.15) is 12.0 Å². The highest BCUT2D eigenvalue weighted by molar-refractivity contribution is 5.90. The first kappa shape index (κ1) is 12.2. The molecule has 0 unspecified atom stereocenters. The molecule has 0 atom stereocenters. The Bertz CT molecular complexity index is 509. The Kier molecular flexibility index (Phi) is 3.96. The number of para-hydroxylation sites is 1. The van der Waals surface area contributed by atoms with Crippen molar-refractivity contribution >= 4 is 11.6 Å². The summed E-state index contributed by atoms with van der Waals surface area (Å²) in [6, 6.07) is 7.70. The number of aryl methyl sites for hydroxylation is 1. The van der Waals surface area contributed by atoms with Crippen molar-refractivity contribution in [3.05, 3.63) is 42.2 Å². The lowest BCUT2D eigenvalue weighted by Crippen LogP contribution is -2.12. The average molecular weight is 245 g/mol. The van der Waals surface area contributed by atoms with Crippen molar-refractivity contribution in [1.29, 1.82) is 0 Å². The fourth-order valence-electron chi connectivity index (χ4n) is 1.70. The predicted molar refractivity (Wildman–Crippen MR) is 68.5 cm³/mol. The second-order valence-electron chi connectivity index (χ2n) is 3.85. The number of methoxy groups -OCH3 is 1. The van der Waals surface area contributed by atoms with Crippen molar-refractivity contribution in [1.82, 2.24) is 10.2 Å². The first-order valence-electron chi connectivity index (χ1n) is 5.70. The van der Waals surface area contributed by atoms with E-state index in [0.29, 0.717) is 18.5 Å². The number of nitrogens with one attached hydrogen (secondary N) is 2. The summed E-state index contributed by atoms with van der Waals surface area (Å²) in [6.45, 7) is 0. The minimum absolute atomic E-state index is 0.0395. The van der Waals surface area contributed by atoms with Crippen LogP contribution in [0, 0.1) is 0 Å². The second kappa shape index (κ2) is 5.86. The van der Waals surface area contributed by atoms with Gasteiger partial charge in [0.1, 0.15) is 5.75 Å². The molecule has 0 aliphatic carbocycles. The van der Waals surface area contributed by atoms with Crippen LogP contribution in [-0.2, 0) is 11.2 Å². The van der Waals surface area contributed by atoms with Gasteiger partial charge in [0.2, 0.25) is 5.91 Å². The zero-order valence-corrected chi connectivity index (χ0v) is 10.1. The van der Waals surface area contributed by atoms with Crippen LogP contribution in [0.3, 0.4) is 0 Å². The van der Waals surface area contributed by atoms with Crippen molar-refractivity contribution in [2.45, 2.75) is 12.8 Å². The Labute approximate surface area is 105 Å². The fraction of sp³-hybridized carbons (Fsp3) is 0.231. The molecule has 5 heteroatoms. The maximum Gasteiger partial charge on any atom is 0.224 e. The number of benzene rings is 1. The molecule has 0 aliphatic rings. The Morgan fingerprint density at radius 2 is 2.28 bits per heavy atom. The largest absolute Gasteiger partial charge is 0.496 e. The topological polar surface area (TPSA) is 67.0 Å². The van der Waals surface area contributed by atoms with Gasteiger partial charge in [-0.1, -0.05) is 18.2 Å². The van der Waals surface area contributed by atoms with Crippen molar-refractivity contribution in [3.8, 4) is 5.75 Å². The van der Waals surface area contributed by atoms with Gasteiger partial charge in [0.25, 0.3) is 0 Å². The van der Waals surface area contributed by atoms with Gasteiger partial charge in [-0.05, 0) is 18.1 Å². The molecule has 2 N–H and O–H groups in total. The summed E-state index contributed by atoms with van der Waals surface area (Å²) < 4.78 is 5.24. The van der Waals surface area contributed by atoms with Crippen molar-refractivity contribution < 1.29 is 9.53 Å². The number of H-pyrrole nitrogens is 1. The molecule has 0 radical (unpaired) electrons. The molecule has 1 amide bonds. The summed E-state index contributed by atoms with van der Waals surface area (Å²) in [4.78, 5) is 11.7. The van der Waals surface area contributed by atoms with Gasteiger partial charge in [-0.2, -0.15) is 5.10 Å². The van der Waals surface area contributed by atoms with Gasteiger partial charge < -0.3 is 10.1 Å². The van der Waals surface area contributed by atoms with E-state index < -0.39 is 0 Å². The van der Waals surface area contributed by atoms with Crippen LogP contribution in [0.5, 0.6) is 5.75 Å². The molecule has 0 aliphatic heterocycles. The summed E-state index contributed by atoms with van der Waals surface area (Å²) in [7, 11) is 1.63. The molecule has 0 spiro atoms. The molecular weight excluding hydrogens is 230 g/mol. The van der Waals surface area contributed by atoms with Crippen molar-refractivity contribution in [2.24, 2.45) is 0 Å². The molecule has 1 aromatic carbocycles. The fourth-order valence-corrected chi connectivity index (χ4v) is 1.70. The third-order valence-corrected chi connectivity index (χ3v) is 2.60. The smallest absolute Gasteiger partial charge is 0.224 e. The van der Waals surface area contributed by atoms with E-state index in [0.717, 1.165) is 11.3 Å². The van der Waals surface area contributed by atoms with Gasteiger partial charge in [-0.15, -0.1) is 0 Å². The number of carbonyl (C=O) groups is 1. The first-order chi connectivity index (χ1) is 8.79. The van der Waals surface area contributed by atoms with Crippen LogP contribution < -0.4 is 10.1 Å². The van der Waals surface area contributed by atoms with Gasteiger partial charge in [0, 0.05) is 12.6 Å². The van der Waals surface area contributed by atoms with Gasteiger partial charge in [0.05, 0.1) is 19.0 Å². The summed E-state index contributed by atoms with van der Waals surface area (Å²) in [5.74, 6) is 0.774. The van der Waals surface area contributed by atoms with Crippen LogP contribution in [0.2, 0.25) is 0 Å². The highest BCUT2D eigenvalue weighted by Gasteiger charge is 2.06. The number of anilines is 1. The number of aromatic amines is 1. The van der Waals surface area contributed by atoms with E-state index in [2.05, 4.69) is 15.5 Å². The highest BCUT2D eigenvalue weighted by Crippen LogP contribution is 2.18. The minimum Gasteiger partial charge on any atom is -0.496 e. The lowest BCUT2D eigenvalue weighted by atomic mass is 10.1. The van der Waals surface area contributed by atoms with Crippen LogP contribution in [0.15, 0.2) is 36.7 Å². The van der Waals surface area contributed by atoms with Crippen LogP contribution >= 0.6 is 0 Å². The molecule has 0 saturated heterocycles. The van der Waals surface area contributed by atoms with E-state index in [1.165, 1.54) is 0 Å². The molecule has 0 bridgehead atoms. The summed E-state index contributed by atoms with van der Waals surface area (Å²) >= 11 is 0. The van der Waals surface area contributed by atoms with Gasteiger partial charge in [-0.3, -0.25) is 9.89 Å². The monoisotopic (exact) mass is 245 g/mol. The normalized spacial score (nSPS) is 10.1. The lowest BCUT2D eigenvalue weighted by molar-refractivity contribution is -0.116. The molecule has 94 valence electrons. The summed E-state index contributed by atoms with van der Waals surface area (Å²) in [5.41, 5.74) is 1.71. The van der Waals surface area contributed by atoms with Crippen molar-refractivity contribution in [3.63, 3.8) is 0 Å². The van der Waals surface area contributed by atoms with Gasteiger partial charge in [0.15, 0.2) is 0 Å². The SMILES string of the molecule is COc1ccccc1CCC(=O)Nc1cn[nH]c1. The third kappa shape index (κ3) is 3.10. The number of ether oxygens (including phenoxy) is 1. The van der Waals surface area contributed by atoms with Crippen LogP contribution in [-0.4, -0.2) is 23.2 Å². The quantitative estimate of drug-likeness (QED) is 0.846. The van der Waals surface area contributed by atoms with E-state index >= 15 is 0 Å². The van der Waals surface area contributed by atoms with Gasteiger partial charge in [-0.25, -0.2) is 0 Å². The second-order valence-corrected chi connectivity index (χ2v) is 3.85. The molecule has 5 nitrogen and oxygen atoms in total. The Morgan fingerprint density at radius 1 is 1.44 bits per heavy atom.